The van der Waals surface area contributed by atoms with Crippen molar-refractivity contribution in [2.75, 3.05) is 19.6 Å². The first-order valence-corrected chi connectivity index (χ1v) is 4.45. The second-order valence-corrected chi connectivity index (χ2v) is 3.65. The summed E-state index contributed by atoms with van der Waals surface area (Å²) in [6.45, 7) is 8.04. The van der Waals surface area contributed by atoms with Gasteiger partial charge in [0, 0.05) is 13.1 Å². The number of rotatable bonds is 2. The van der Waals surface area contributed by atoms with Crippen molar-refractivity contribution in [3.63, 3.8) is 0 Å². The highest BCUT2D eigenvalue weighted by Crippen LogP contribution is 2.09. The first kappa shape index (κ1) is 9.68. The Labute approximate surface area is 73.7 Å². The van der Waals surface area contributed by atoms with Gasteiger partial charge in [-0.15, -0.1) is 0 Å². The molecule has 1 heterocycles. The molecule has 0 N–H and O–H groups in total. The Morgan fingerprint density at radius 1 is 1.42 bits per heavy atom. The number of ether oxygens (including phenoxy) is 1. The van der Waals surface area contributed by atoms with Crippen LogP contribution in [0.5, 0.6) is 0 Å². The van der Waals surface area contributed by atoms with E-state index in [4.69, 9.17) is 4.74 Å². The zero-order chi connectivity index (χ0) is 9.14. The summed E-state index contributed by atoms with van der Waals surface area (Å²) in [5.41, 5.74) is 0. The predicted octanol–water partition coefficient (Wildman–Crippen LogP) is 0.685. The Morgan fingerprint density at radius 3 is 2.33 bits per heavy atom. The van der Waals surface area contributed by atoms with Crippen LogP contribution in [0.15, 0.2) is 0 Å². The maximum absolute atomic E-state index is 10.8. The van der Waals surface area contributed by atoms with E-state index in [2.05, 4.69) is 4.90 Å². The largest absolute Gasteiger partial charge is 0.373 e. The van der Waals surface area contributed by atoms with E-state index in [-0.39, 0.29) is 18.0 Å². The molecule has 2 atom stereocenters. The maximum atomic E-state index is 10.8. The quantitative estimate of drug-likeness (QED) is 0.612. The van der Waals surface area contributed by atoms with Crippen LogP contribution in [-0.4, -0.2) is 42.5 Å². The molecule has 12 heavy (non-hydrogen) atoms. The average Bonchev–Trinajstić information content (AvgIpc) is 1.81. The van der Waals surface area contributed by atoms with Crippen molar-refractivity contribution in [1.82, 2.24) is 4.90 Å². The normalized spacial score (nSPS) is 31.9. The minimum Gasteiger partial charge on any atom is -0.373 e. The van der Waals surface area contributed by atoms with E-state index < -0.39 is 0 Å². The van der Waals surface area contributed by atoms with Gasteiger partial charge in [0.2, 0.25) is 0 Å². The first-order valence-electron chi connectivity index (χ1n) is 4.45. The smallest absolute Gasteiger partial charge is 0.143 e. The van der Waals surface area contributed by atoms with E-state index in [1.54, 1.807) is 6.92 Å². The second kappa shape index (κ2) is 4.01. The van der Waals surface area contributed by atoms with Gasteiger partial charge in [-0.25, -0.2) is 0 Å². The van der Waals surface area contributed by atoms with Crippen molar-refractivity contribution in [3.05, 3.63) is 0 Å². The third-order valence-corrected chi connectivity index (χ3v) is 1.94. The molecular formula is C9H17NO2. The molecule has 0 aromatic rings. The SMILES string of the molecule is CC(=O)CN1C[C@@H](C)O[C@@H](C)C1. The summed E-state index contributed by atoms with van der Waals surface area (Å²) < 4.78 is 5.54. The lowest BCUT2D eigenvalue weighted by Gasteiger charge is -2.34. The van der Waals surface area contributed by atoms with Gasteiger partial charge < -0.3 is 4.74 Å². The van der Waals surface area contributed by atoms with E-state index in [0.717, 1.165) is 13.1 Å². The van der Waals surface area contributed by atoms with Crippen LogP contribution in [0.25, 0.3) is 0 Å². The molecule has 1 aliphatic rings. The molecule has 1 rings (SSSR count). The summed E-state index contributed by atoms with van der Waals surface area (Å²) in [7, 11) is 0. The van der Waals surface area contributed by atoms with Crippen molar-refractivity contribution in [2.45, 2.75) is 33.0 Å². The fraction of sp³-hybridized carbons (Fsp3) is 0.889. The standard InChI is InChI=1S/C9H17NO2/c1-7(11)4-10-5-8(2)12-9(3)6-10/h8-9H,4-6H2,1-3H3/t8-,9+. The molecule has 1 fully saturated rings. The van der Waals surface area contributed by atoms with Gasteiger partial charge in [-0.05, 0) is 20.8 Å². The van der Waals surface area contributed by atoms with Crippen LogP contribution < -0.4 is 0 Å². The summed E-state index contributed by atoms with van der Waals surface area (Å²) >= 11 is 0. The van der Waals surface area contributed by atoms with Gasteiger partial charge in [0.05, 0.1) is 18.8 Å². The zero-order valence-electron chi connectivity index (χ0n) is 8.04. The van der Waals surface area contributed by atoms with Crippen LogP contribution in [0, 0.1) is 0 Å². The molecular weight excluding hydrogens is 154 g/mol. The van der Waals surface area contributed by atoms with E-state index >= 15 is 0 Å². The predicted molar refractivity (Wildman–Crippen MR) is 47.1 cm³/mol. The Hall–Kier alpha value is -0.410. The van der Waals surface area contributed by atoms with Crippen molar-refractivity contribution < 1.29 is 9.53 Å². The molecule has 0 saturated carbocycles. The highest BCUT2D eigenvalue weighted by atomic mass is 16.5. The lowest BCUT2D eigenvalue weighted by atomic mass is 10.2. The van der Waals surface area contributed by atoms with Crippen LogP contribution >= 0.6 is 0 Å². The van der Waals surface area contributed by atoms with E-state index in [9.17, 15) is 4.79 Å². The third kappa shape index (κ3) is 2.91. The van der Waals surface area contributed by atoms with E-state index in [1.165, 1.54) is 0 Å². The number of carbonyl (C=O) groups excluding carboxylic acids is 1. The number of hydrogen-bond acceptors (Lipinski definition) is 3. The van der Waals surface area contributed by atoms with Gasteiger partial charge in [0.15, 0.2) is 0 Å². The maximum Gasteiger partial charge on any atom is 0.143 e. The molecule has 0 radical (unpaired) electrons. The molecule has 1 aliphatic heterocycles. The topological polar surface area (TPSA) is 29.5 Å². The molecule has 0 unspecified atom stereocenters. The number of nitrogens with zero attached hydrogens (tertiary/aromatic N) is 1. The number of ketones is 1. The van der Waals surface area contributed by atoms with Crippen molar-refractivity contribution in [3.8, 4) is 0 Å². The molecule has 0 spiro atoms. The molecule has 0 aliphatic carbocycles. The average molecular weight is 171 g/mol. The summed E-state index contributed by atoms with van der Waals surface area (Å²) in [6.07, 6.45) is 0.515. The number of hydrogen-bond donors (Lipinski definition) is 0. The Morgan fingerprint density at radius 2 is 1.92 bits per heavy atom. The Bertz CT molecular complexity index is 160. The van der Waals surface area contributed by atoms with Crippen LogP contribution in [0.2, 0.25) is 0 Å². The number of morpholine rings is 1. The van der Waals surface area contributed by atoms with Gasteiger partial charge in [-0.3, -0.25) is 9.69 Å². The summed E-state index contributed by atoms with van der Waals surface area (Å²) in [5, 5.41) is 0. The van der Waals surface area contributed by atoms with Gasteiger partial charge in [-0.1, -0.05) is 0 Å². The van der Waals surface area contributed by atoms with Crippen molar-refractivity contribution in [2.24, 2.45) is 0 Å². The van der Waals surface area contributed by atoms with Crippen molar-refractivity contribution >= 4 is 5.78 Å². The number of carbonyl (C=O) groups is 1. The van der Waals surface area contributed by atoms with Crippen LogP contribution in [0.3, 0.4) is 0 Å². The molecule has 0 bridgehead atoms. The monoisotopic (exact) mass is 171 g/mol. The Kier molecular flexibility index (Phi) is 3.23. The molecule has 0 aromatic heterocycles. The van der Waals surface area contributed by atoms with E-state index in [1.807, 2.05) is 13.8 Å². The molecule has 3 heteroatoms. The lowest BCUT2D eigenvalue weighted by Crippen LogP contribution is -2.46. The van der Waals surface area contributed by atoms with Gasteiger partial charge >= 0.3 is 0 Å². The molecule has 0 amide bonds. The first-order chi connectivity index (χ1) is 5.58. The third-order valence-electron chi connectivity index (χ3n) is 1.94. The highest BCUT2D eigenvalue weighted by Gasteiger charge is 2.22. The summed E-state index contributed by atoms with van der Waals surface area (Å²) in [6, 6.07) is 0. The molecule has 0 aromatic carbocycles. The zero-order valence-corrected chi connectivity index (χ0v) is 8.04. The lowest BCUT2D eigenvalue weighted by molar-refractivity contribution is -0.121. The second-order valence-electron chi connectivity index (χ2n) is 3.65. The van der Waals surface area contributed by atoms with Gasteiger partial charge in [0.25, 0.3) is 0 Å². The van der Waals surface area contributed by atoms with Gasteiger partial charge in [0.1, 0.15) is 5.78 Å². The minimum atomic E-state index is 0.233. The van der Waals surface area contributed by atoms with Gasteiger partial charge in [-0.2, -0.15) is 0 Å². The summed E-state index contributed by atoms with van der Waals surface area (Å²) in [4.78, 5) is 13.0. The highest BCUT2D eigenvalue weighted by molar-refractivity contribution is 5.77. The fourth-order valence-electron chi connectivity index (χ4n) is 1.73. The van der Waals surface area contributed by atoms with Crippen LogP contribution in [0.1, 0.15) is 20.8 Å². The minimum absolute atomic E-state index is 0.233. The van der Waals surface area contributed by atoms with Crippen LogP contribution in [0.4, 0.5) is 0 Å². The number of Topliss-reactive ketones (excluding diaryl/α,β-unsaturated/α-hetero) is 1. The van der Waals surface area contributed by atoms with Crippen LogP contribution in [-0.2, 0) is 9.53 Å². The molecule has 70 valence electrons. The van der Waals surface area contributed by atoms with E-state index in [0.29, 0.717) is 6.54 Å². The van der Waals surface area contributed by atoms with Crippen molar-refractivity contribution in [1.29, 1.82) is 0 Å². The fourth-order valence-corrected chi connectivity index (χ4v) is 1.73. The summed E-state index contributed by atoms with van der Waals surface area (Å²) in [5.74, 6) is 0.233. The molecule has 3 nitrogen and oxygen atoms in total. The molecule has 1 saturated heterocycles. The Balaban J connectivity index is 2.38.